The molecule has 0 spiro atoms. The van der Waals surface area contributed by atoms with E-state index in [1.165, 1.54) is 14.2 Å². The Morgan fingerprint density at radius 2 is 1.80 bits per heavy atom. The molecule has 1 atom stereocenters. The third-order valence-corrected chi connectivity index (χ3v) is 4.26. The summed E-state index contributed by atoms with van der Waals surface area (Å²) < 4.78 is 10.4. The van der Waals surface area contributed by atoms with Crippen molar-refractivity contribution in [1.82, 2.24) is 0 Å². The van der Waals surface area contributed by atoms with E-state index in [4.69, 9.17) is 9.47 Å². The smallest absolute Gasteiger partial charge is 0.316 e. The summed E-state index contributed by atoms with van der Waals surface area (Å²) in [4.78, 5) is 26.6. The molecule has 3 rings (SSSR count). The largest absolute Gasteiger partial charge is 0.493 e. The normalized spacial score (nSPS) is 15.5. The van der Waals surface area contributed by atoms with Crippen LogP contribution in [0.3, 0.4) is 0 Å². The maximum Gasteiger partial charge on any atom is 0.316 e. The van der Waals surface area contributed by atoms with Crippen molar-refractivity contribution in [3.63, 3.8) is 0 Å². The minimum Gasteiger partial charge on any atom is -0.493 e. The van der Waals surface area contributed by atoms with Crippen molar-refractivity contribution in [1.29, 1.82) is 0 Å². The first-order valence-corrected chi connectivity index (χ1v) is 7.99. The Bertz CT molecular complexity index is 819. The van der Waals surface area contributed by atoms with Gasteiger partial charge in [0.1, 0.15) is 0 Å². The van der Waals surface area contributed by atoms with Crippen molar-refractivity contribution in [2.24, 2.45) is 0 Å². The van der Waals surface area contributed by atoms with Gasteiger partial charge in [-0.1, -0.05) is 18.2 Å². The maximum atomic E-state index is 12.7. The van der Waals surface area contributed by atoms with Gasteiger partial charge >= 0.3 is 11.8 Å². The van der Waals surface area contributed by atoms with Gasteiger partial charge < -0.3 is 19.7 Å². The van der Waals surface area contributed by atoms with Crippen molar-refractivity contribution in [3.8, 4) is 11.5 Å². The minimum atomic E-state index is -0.684. The third kappa shape index (κ3) is 3.15. The van der Waals surface area contributed by atoms with Gasteiger partial charge in [0.25, 0.3) is 0 Å². The number of benzene rings is 2. The molecular formula is C19H20N2O4. The maximum absolute atomic E-state index is 12.7. The van der Waals surface area contributed by atoms with E-state index in [0.717, 1.165) is 17.7 Å². The number of hydrogen-bond donors (Lipinski definition) is 1. The zero-order chi connectivity index (χ0) is 18.0. The minimum absolute atomic E-state index is 0.0546. The van der Waals surface area contributed by atoms with Crippen molar-refractivity contribution in [2.45, 2.75) is 19.4 Å². The summed E-state index contributed by atoms with van der Waals surface area (Å²) in [7, 11) is 3.04. The summed E-state index contributed by atoms with van der Waals surface area (Å²) in [5.41, 5.74) is 2.33. The molecule has 0 fully saturated rings. The zero-order valence-electron chi connectivity index (χ0n) is 14.4. The molecule has 6 nitrogen and oxygen atoms in total. The zero-order valence-corrected chi connectivity index (χ0v) is 14.4. The molecule has 0 saturated carbocycles. The molecule has 130 valence electrons. The van der Waals surface area contributed by atoms with Gasteiger partial charge in [-0.25, -0.2) is 0 Å². The highest BCUT2D eigenvalue weighted by Gasteiger charge is 2.34. The molecule has 1 aliphatic heterocycles. The Hall–Kier alpha value is -3.02. The highest BCUT2D eigenvalue weighted by Crippen LogP contribution is 2.32. The second-order valence-corrected chi connectivity index (χ2v) is 5.88. The second kappa shape index (κ2) is 6.84. The van der Waals surface area contributed by atoms with Crippen LogP contribution in [-0.2, 0) is 16.0 Å². The van der Waals surface area contributed by atoms with E-state index in [1.807, 2.05) is 31.2 Å². The summed E-state index contributed by atoms with van der Waals surface area (Å²) in [5, 5.41) is 2.63. The van der Waals surface area contributed by atoms with Gasteiger partial charge in [0, 0.05) is 23.5 Å². The number of methoxy groups -OCH3 is 2. The van der Waals surface area contributed by atoms with E-state index < -0.39 is 11.8 Å². The van der Waals surface area contributed by atoms with Crippen LogP contribution >= 0.6 is 0 Å². The molecule has 0 aliphatic carbocycles. The highest BCUT2D eigenvalue weighted by atomic mass is 16.5. The molecule has 1 N–H and O–H groups in total. The van der Waals surface area contributed by atoms with E-state index in [-0.39, 0.29) is 6.04 Å². The lowest BCUT2D eigenvalue weighted by atomic mass is 10.1. The van der Waals surface area contributed by atoms with Crippen LogP contribution in [0.25, 0.3) is 0 Å². The average Bonchev–Trinajstić information content (AvgIpc) is 2.96. The molecule has 6 heteroatoms. The Kier molecular flexibility index (Phi) is 4.61. The summed E-state index contributed by atoms with van der Waals surface area (Å²) >= 11 is 0. The Labute approximate surface area is 146 Å². The van der Waals surface area contributed by atoms with E-state index in [2.05, 4.69) is 5.32 Å². The summed E-state index contributed by atoms with van der Waals surface area (Å²) in [6, 6.07) is 12.5. The van der Waals surface area contributed by atoms with Crippen molar-refractivity contribution >= 4 is 23.2 Å². The van der Waals surface area contributed by atoms with Gasteiger partial charge in [0.2, 0.25) is 0 Å². The number of carbonyl (C=O) groups excluding carboxylic acids is 2. The summed E-state index contributed by atoms with van der Waals surface area (Å²) in [6.07, 6.45) is 0.742. The van der Waals surface area contributed by atoms with Crippen LogP contribution in [0.4, 0.5) is 11.4 Å². The van der Waals surface area contributed by atoms with E-state index in [1.54, 1.807) is 23.1 Å². The summed E-state index contributed by atoms with van der Waals surface area (Å²) in [5.74, 6) is -0.232. The molecule has 2 amide bonds. The fourth-order valence-electron chi connectivity index (χ4n) is 3.08. The Morgan fingerprint density at radius 3 is 2.52 bits per heavy atom. The fraction of sp³-hybridized carbons (Fsp3) is 0.263. The van der Waals surface area contributed by atoms with Gasteiger partial charge in [0.05, 0.1) is 14.2 Å². The first-order valence-electron chi connectivity index (χ1n) is 7.99. The molecule has 2 aromatic rings. The first kappa shape index (κ1) is 16.8. The van der Waals surface area contributed by atoms with Gasteiger partial charge in [-0.15, -0.1) is 0 Å². The van der Waals surface area contributed by atoms with Gasteiger partial charge in [-0.05, 0) is 37.1 Å². The summed E-state index contributed by atoms with van der Waals surface area (Å²) in [6.45, 7) is 1.93. The molecule has 2 aromatic carbocycles. The van der Waals surface area contributed by atoms with Crippen molar-refractivity contribution in [3.05, 3.63) is 48.0 Å². The SMILES string of the molecule is COc1ccc(NC(=O)C(=O)N2c3ccccc3CC2C)cc1OC. The van der Waals surface area contributed by atoms with Crippen LogP contribution in [0.15, 0.2) is 42.5 Å². The lowest BCUT2D eigenvalue weighted by Gasteiger charge is -2.22. The van der Waals surface area contributed by atoms with Crippen LogP contribution < -0.4 is 19.7 Å². The number of rotatable bonds is 3. The van der Waals surface area contributed by atoms with Crippen molar-refractivity contribution in [2.75, 3.05) is 24.4 Å². The number of nitrogens with zero attached hydrogens (tertiary/aromatic N) is 1. The number of para-hydroxylation sites is 1. The molecular weight excluding hydrogens is 320 g/mol. The topological polar surface area (TPSA) is 67.9 Å². The monoisotopic (exact) mass is 340 g/mol. The lowest BCUT2D eigenvalue weighted by Crippen LogP contribution is -2.43. The molecule has 1 heterocycles. The standard InChI is InChI=1S/C19H20N2O4/c1-12-10-13-6-4-5-7-15(13)21(12)19(23)18(22)20-14-8-9-16(24-2)17(11-14)25-3/h4-9,11-12H,10H2,1-3H3,(H,20,22). The number of carbonyl (C=O) groups is 2. The van der Waals surface area contributed by atoms with Crippen LogP contribution in [0.5, 0.6) is 11.5 Å². The molecule has 1 unspecified atom stereocenters. The highest BCUT2D eigenvalue weighted by molar-refractivity contribution is 6.44. The number of ether oxygens (including phenoxy) is 2. The van der Waals surface area contributed by atoms with E-state index in [0.29, 0.717) is 17.2 Å². The van der Waals surface area contributed by atoms with E-state index in [9.17, 15) is 9.59 Å². The predicted molar refractivity (Wildman–Crippen MR) is 95.3 cm³/mol. The lowest BCUT2D eigenvalue weighted by molar-refractivity contribution is -0.134. The first-order chi connectivity index (χ1) is 12.0. The molecule has 0 radical (unpaired) electrons. The van der Waals surface area contributed by atoms with Crippen LogP contribution in [0.2, 0.25) is 0 Å². The number of anilines is 2. The number of nitrogens with one attached hydrogen (secondary N) is 1. The molecule has 25 heavy (non-hydrogen) atoms. The number of hydrogen-bond acceptors (Lipinski definition) is 4. The van der Waals surface area contributed by atoms with E-state index >= 15 is 0 Å². The molecule has 0 bridgehead atoms. The quantitative estimate of drug-likeness (QED) is 0.872. The van der Waals surface area contributed by atoms with Gasteiger partial charge in [-0.2, -0.15) is 0 Å². The average molecular weight is 340 g/mol. The van der Waals surface area contributed by atoms with Crippen LogP contribution in [0.1, 0.15) is 12.5 Å². The van der Waals surface area contributed by atoms with Crippen LogP contribution in [-0.4, -0.2) is 32.1 Å². The molecule has 1 aliphatic rings. The fourth-order valence-corrected chi connectivity index (χ4v) is 3.08. The van der Waals surface area contributed by atoms with Crippen molar-refractivity contribution < 1.29 is 19.1 Å². The van der Waals surface area contributed by atoms with Gasteiger partial charge in [0.15, 0.2) is 11.5 Å². The molecule has 0 saturated heterocycles. The van der Waals surface area contributed by atoms with Crippen LogP contribution in [0, 0.1) is 0 Å². The predicted octanol–water partition coefficient (Wildman–Crippen LogP) is 2.62. The Morgan fingerprint density at radius 1 is 1.08 bits per heavy atom. The number of fused-ring (bicyclic) bond motifs is 1. The molecule has 0 aromatic heterocycles. The third-order valence-electron chi connectivity index (χ3n) is 4.26. The Balaban J connectivity index is 1.79. The number of amides is 2. The van der Waals surface area contributed by atoms with Gasteiger partial charge in [-0.3, -0.25) is 9.59 Å². The second-order valence-electron chi connectivity index (χ2n) is 5.88.